The molecule has 4 aromatic carbocycles. The van der Waals surface area contributed by atoms with Gasteiger partial charge < -0.3 is 24.4 Å². The number of nitrogens with zero attached hydrogens (tertiary/aromatic N) is 4. The molecule has 266 valence electrons. The van der Waals surface area contributed by atoms with Crippen LogP contribution in [0.15, 0.2) is 95.9 Å². The molecule has 1 amide bonds. The van der Waals surface area contributed by atoms with Gasteiger partial charge in [-0.05, 0) is 93.7 Å². The van der Waals surface area contributed by atoms with Crippen molar-refractivity contribution in [2.24, 2.45) is 5.92 Å². The first-order chi connectivity index (χ1) is 25.3. The number of halogens is 1. The molecule has 1 aliphatic heterocycles. The Morgan fingerprint density at radius 2 is 1.71 bits per heavy atom. The van der Waals surface area contributed by atoms with Crippen LogP contribution >= 0.6 is 0 Å². The number of rotatable bonds is 11. The van der Waals surface area contributed by atoms with Crippen LogP contribution in [-0.2, 0) is 0 Å². The summed E-state index contributed by atoms with van der Waals surface area (Å²) in [6, 6.07) is 23.7. The van der Waals surface area contributed by atoms with Crippen LogP contribution in [0.5, 0.6) is 23.0 Å². The first kappa shape index (κ1) is 34.6. The molecule has 0 unspecified atom stereocenters. The van der Waals surface area contributed by atoms with Crippen LogP contribution in [0.2, 0.25) is 0 Å². The van der Waals surface area contributed by atoms with Gasteiger partial charge in [0, 0.05) is 41.6 Å². The first-order valence-electron chi connectivity index (χ1n) is 17.5. The van der Waals surface area contributed by atoms with E-state index in [0.29, 0.717) is 51.5 Å². The number of hydrogen-bond acceptors (Lipinski definition) is 8. The lowest BCUT2D eigenvalue weighted by atomic mass is 9.99. The number of anilines is 1. The molecule has 3 heterocycles. The van der Waals surface area contributed by atoms with Gasteiger partial charge in [0.15, 0.2) is 28.8 Å². The van der Waals surface area contributed by atoms with Crippen molar-refractivity contribution < 1.29 is 23.4 Å². The van der Waals surface area contributed by atoms with Gasteiger partial charge in [-0.25, -0.2) is 9.37 Å². The number of fused-ring (bicyclic) bond motifs is 2. The molecule has 0 aliphatic carbocycles. The quantitative estimate of drug-likeness (QED) is 0.136. The Morgan fingerprint density at radius 1 is 0.923 bits per heavy atom. The Labute approximate surface area is 300 Å². The summed E-state index contributed by atoms with van der Waals surface area (Å²) >= 11 is 0. The summed E-state index contributed by atoms with van der Waals surface area (Å²) in [6.07, 6.45) is 4.95. The molecule has 1 fully saturated rings. The van der Waals surface area contributed by atoms with Gasteiger partial charge in [-0.1, -0.05) is 36.8 Å². The van der Waals surface area contributed by atoms with Gasteiger partial charge >= 0.3 is 0 Å². The van der Waals surface area contributed by atoms with Gasteiger partial charge in [-0.2, -0.15) is 0 Å². The molecule has 7 rings (SSSR count). The fourth-order valence-corrected chi connectivity index (χ4v) is 6.45. The van der Waals surface area contributed by atoms with Gasteiger partial charge in [0.25, 0.3) is 11.5 Å². The van der Waals surface area contributed by atoms with Crippen molar-refractivity contribution in [2.45, 2.75) is 33.1 Å². The van der Waals surface area contributed by atoms with Crippen molar-refractivity contribution in [3.05, 3.63) is 119 Å². The SMILES string of the molecule is COc1cc2c(Oc3ccc(NC(=O)c4nc5ccccc5n(-c5ccc(C)cc5)c4=O)cc3F)ccnc2cc1OCCCN1CCC(C)CC1. The van der Waals surface area contributed by atoms with Crippen LogP contribution in [0.3, 0.4) is 0 Å². The van der Waals surface area contributed by atoms with Crippen molar-refractivity contribution in [1.29, 1.82) is 0 Å². The Balaban J connectivity index is 1.07. The minimum absolute atomic E-state index is 0.0672. The van der Waals surface area contributed by atoms with Crippen LogP contribution in [-0.4, -0.2) is 58.7 Å². The Morgan fingerprint density at radius 3 is 2.48 bits per heavy atom. The molecule has 10 nitrogen and oxygen atoms in total. The van der Waals surface area contributed by atoms with E-state index in [1.807, 2.05) is 31.2 Å². The second kappa shape index (κ2) is 15.2. The number of ether oxygens (including phenoxy) is 3. The average molecular weight is 702 g/mol. The molecule has 0 atom stereocenters. The molecular formula is C41H40FN5O5. The highest BCUT2D eigenvalue weighted by Crippen LogP contribution is 2.38. The number of piperidine rings is 1. The maximum Gasteiger partial charge on any atom is 0.287 e. The van der Waals surface area contributed by atoms with Crippen LogP contribution in [0.25, 0.3) is 27.6 Å². The molecule has 2 aromatic heterocycles. The number of carbonyl (C=O) groups excluding carboxylic acids is 1. The van der Waals surface area contributed by atoms with E-state index >= 15 is 4.39 Å². The highest BCUT2D eigenvalue weighted by molar-refractivity contribution is 6.03. The predicted octanol–water partition coefficient (Wildman–Crippen LogP) is 7.94. The van der Waals surface area contributed by atoms with E-state index in [4.69, 9.17) is 14.2 Å². The number of methoxy groups -OCH3 is 1. The summed E-state index contributed by atoms with van der Waals surface area (Å²) in [5.74, 6) is 0.692. The van der Waals surface area contributed by atoms with Crippen LogP contribution < -0.4 is 25.1 Å². The number of hydrogen-bond donors (Lipinski definition) is 1. The Bertz CT molecular complexity index is 2300. The lowest BCUT2D eigenvalue weighted by molar-refractivity contribution is 0.102. The predicted molar refractivity (Wildman–Crippen MR) is 200 cm³/mol. The molecule has 1 N–H and O–H groups in total. The second-order valence-electron chi connectivity index (χ2n) is 13.2. The zero-order valence-corrected chi connectivity index (χ0v) is 29.4. The number of likely N-dealkylation sites (tertiary alicyclic amines) is 1. The molecule has 0 saturated carbocycles. The number of nitrogens with one attached hydrogen (secondary N) is 1. The third kappa shape index (κ3) is 7.45. The molecule has 1 aliphatic rings. The van der Waals surface area contributed by atoms with Gasteiger partial charge in [0.05, 0.1) is 30.3 Å². The maximum atomic E-state index is 15.5. The van der Waals surface area contributed by atoms with Gasteiger partial charge in [-0.15, -0.1) is 0 Å². The summed E-state index contributed by atoms with van der Waals surface area (Å²) in [4.78, 5) is 38.4. The zero-order chi connectivity index (χ0) is 36.2. The molecule has 0 radical (unpaired) electrons. The van der Waals surface area contributed by atoms with Crippen molar-refractivity contribution >= 4 is 33.5 Å². The number of aryl methyl sites for hydroxylation is 1. The topological polar surface area (TPSA) is 108 Å². The largest absolute Gasteiger partial charge is 0.493 e. The minimum atomic E-state index is -0.768. The molecule has 0 bridgehead atoms. The highest BCUT2D eigenvalue weighted by Gasteiger charge is 2.20. The highest BCUT2D eigenvalue weighted by atomic mass is 19.1. The van der Waals surface area contributed by atoms with Crippen molar-refractivity contribution in [2.75, 3.05) is 38.7 Å². The van der Waals surface area contributed by atoms with Crippen molar-refractivity contribution in [1.82, 2.24) is 19.4 Å². The third-order valence-corrected chi connectivity index (χ3v) is 9.42. The molecular weight excluding hydrogens is 661 g/mol. The van der Waals surface area contributed by atoms with Crippen molar-refractivity contribution in [3.63, 3.8) is 0 Å². The van der Waals surface area contributed by atoms with E-state index in [1.165, 1.54) is 29.5 Å². The number of aromatic nitrogens is 3. The normalized spacial score (nSPS) is 13.7. The standard InChI is InChI=1S/C41H40FN5O5/c1-26-9-12-29(13-10-26)47-34-8-5-4-7-32(34)45-39(41(47)49)40(48)44-28-11-14-36(31(42)23-28)52-35-15-18-43-33-25-38(37(50-3)24-30(33)35)51-22-6-19-46-20-16-27(2)17-21-46/h4-5,7-15,18,23-25,27H,6,16-17,19-22H2,1-3H3,(H,44,48). The molecule has 11 heteroatoms. The average Bonchev–Trinajstić information content (AvgIpc) is 3.15. The van der Waals surface area contributed by atoms with E-state index in [0.717, 1.165) is 43.6 Å². The smallest absolute Gasteiger partial charge is 0.287 e. The summed E-state index contributed by atoms with van der Waals surface area (Å²) < 4.78 is 34.7. The van der Waals surface area contributed by atoms with E-state index < -0.39 is 17.3 Å². The van der Waals surface area contributed by atoms with Crippen LogP contribution in [0, 0.1) is 18.7 Å². The van der Waals surface area contributed by atoms with Crippen LogP contribution in [0.4, 0.5) is 10.1 Å². The minimum Gasteiger partial charge on any atom is -0.493 e. The second-order valence-corrected chi connectivity index (χ2v) is 13.2. The van der Waals surface area contributed by atoms with Gasteiger partial charge in [0.2, 0.25) is 0 Å². The van der Waals surface area contributed by atoms with Gasteiger partial charge in [-0.3, -0.25) is 19.1 Å². The summed E-state index contributed by atoms with van der Waals surface area (Å²) in [6.45, 7) is 8.05. The van der Waals surface area contributed by atoms with E-state index in [1.54, 1.807) is 55.8 Å². The number of benzene rings is 4. The third-order valence-electron chi connectivity index (χ3n) is 9.42. The summed E-state index contributed by atoms with van der Waals surface area (Å²) in [5, 5.41) is 3.23. The Hall–Kier alpha value is -5.81. The number of carbonyl (C=O) groups is 1. The fourth-order valence-electron chi connectivity index (χ4n) is 6.45. The molecule has 0 spiro atoms. The molecule has 1 saturated heterocycles. The first-order valence-corrected chi connectivity index (χ1v) is 17.5. The number of amides is 1. The lowest BCUT2D eigenvalue weighted by Gasteiger charge is -2.30. The zero-order valence-electron chi connectivity index (χ0n) is 29.4. The number of pyridine rings is 1. The van der Waals surface area contributed by atoms with Crippen molar-refractivity contribution in [3.8, 4) is 28.7 Å². The molecule has 6 aromatic rings. The number of para-hydroxylation sites is 2. The molecule has 52 heavy (non-hydrogen) atoms. The lowest BCUT2D eigenvalue weighted by Crippen LogP contribution is -2.34. The summed E-state index contributed by atoms with van der Waals surface area (Å²) in [7, 11) is 1.57. The fraction of sp³-hybridized carbons (Fsp3) is 0.268. The Kier molecular flexibility index (Phi) is 10.1. The monoisotopic (exact) mass is 701 g/mol. The van der Waals surface area contributed by atoms with Gasteiger partial charge in [0.1, 0.15) is 5.75 Å². The van der Waals surface area contributed by atoms with E-state index in [2.05, 4.69) is 27.1 Å². The van der Waals surface area contributed by atoms with E-state index in [-0.39, 0.29) is 17.1 Å². The maximum absolute atomic E-state index is 15.5. The summed E-state index contributed by atoms with van der Waals surface area (Å²) in [5.41, 5.74) is 2.46. The van der Waals surface area contributed by atoms with Crippen LogP contribution in [0.1, 0.15) is 42.2 Å². The van der Waals surface area contributed by atoms with E-state index in [9.17, 15) is 9.59 Å².